The normalized spacial score (nSPS) is 10.6. The lowest BCUT2D eigenvalue weighted by atomic mass is 10.2. The molecule has 1 aromatic heterocycles. The molecule has 18 heavy (non-hydrogen) atoms. The zero-order valence-electron chi connectivity index (χ0n) is 10.6. The van der Waals surface area contributed by atoms with Crippen molar-refractivity contribution >= 4 is 11.8 Å². The van der Waals surface area contributed by atoms with Crippen LogP contribution in [0.1, 0.15) is 18.3 Å². The summed E-state index contributed by atoms with van der Waals surface area (Å²) in [5.41, 5.74) is 1.21. The van der Waals surface area contributed by atoms with Crippen LogP contribution in [-0.4, -0.2) is 27.5 Å². The summed E-state index contributed by atoms with van der Waals surface area (Å²) in [5, 5.41) is 7.81. The minimum Gasteiger partial charge on any atom is -0.493 e. The highest BCUT2D eigenvalue weighted by Crippen LogP contribution is 2.15. The van der Waals surface area contributed by atoms with Crippen molar-refractivity contribution in [2.45, 2.75) is 25.4 Å². The van der Waals surface area contributed by atoms with Gasteiger partial charge < -0.3 is 4.74 Å². The molecule has 0 radical (unpaired) electrons. The third-order valence-corrected chi connectivity index (χ3v) is 3.23. The predicted molar refractivity (Wildman–Crippen MR) is 73.2 cm³/mol. The average Bonchev–Trinajstić information content (AvgIpc) is 2.83. The van der Waals surface area contributed by atoms with E-state index < -0.39 is 0 Å². The van der Waals surface area contributed by atoms with E-state index in [1.807, 2.05) is 18.2 Å². The van der Waals surface area contributed by atoms with Crippen molar-refractivity contribution < 1.29 is 4.74 Å². The first-order valence-electron chi connectivity index (χ1n) is 6.01. The Bertz CT molecular complexity index is 498. The number of H-pyrrole nitrogens is 1. The maximum atomic E-state index is 5.66. The van der Waals surface area contributed by atoms with Crippen LogP contribution in [0.25, 0.3) is 0 Å². The molecule has 2 aromatic rings. The second-order valence-electron chi connectivity index (χ2n) is 3.93. The molecular weight excluding hydrogens is 246 g/mol. The number of thioether (sulfide) groups is 1. The Hall–Kier alpha value is -1.49. The van der Waals surface area contributed by atoms with E-state index in [1.165, 1.54) is 5.56 Å². The van der Waals surface area contributed by atoms with Crippen LogP contribution in [0, 0.1) is 6.92 Å². The van der Waals surface area contributed by atoms with Crippen molar-refractivity contribution in [2.24, 2.45) is 0 Å². The first-order chi connectivity index (χ1) is 8.78. The molecule has 2 rings (SSSR count). The van der Waals surface area contributed by atoms with Gasteiger partial charge in [0.25, 0.3) is 0 Å². The van der Waals surface area contributed by atoms with E-state index in [0.717, 1.165) is 28.9 Å². The summed E-state index contributed by atoms with van der Waals surface area (Å²) in [5.74, 6) is 2.69. The van der Waals surface area contributed by atoms with Crippen molar-refractivity contribution in [1.82, 2.24) is 15.2 Å². The number of hydrogen-bond donors (Lipinski definition) is 1. The van der Waals surface area contributed by atoms with E-state index in [0.29, 0.717) is 6.61 Å². The molecule has 96 valence electrons. The number of aromatic nitrogens is 3. The van der Waals surface area contributed by atoms with Crippen LogP contribution in [-0.2, 0) is 6.42 Å². The van der Waals surface area contributed by atoms with Gasteiger partial charge in [0.15, 0.2) is 0 Å². The number of ether oxygens (including phenoxy) is 1. The Morgan fingerprint density at radius 1 is 1.39 bits per heavy atom. The Labute approximate surface area is 111 Å². The van der Waals surface area contributed by atoms with Crippen LogP contribution in [0.2, 0.25) is 0 Å². The zero-order chi connectivity index (χ0) is 12.8. The van der Waals surface area contributed by atoms with E-state index in [-0.39, 0.29) is 0 Å². The van der Waals surface area contributed by atoms with Crippen LogP contribution >= 0.6 is 11.8 Å². The van der Waals surface area contributed by atoms with Gasteiger partial charge in [-0.15, -0.1) is 5.10 Å². The maximum Gasteiger partial charge on any atom is 0.208 e. The molecule has 1 N–H and O–H groups in total. The quantitative estimate of drug-likeness (QED) is 0.643. The minimum absolute atomic E-state index is 0.657. The molecule has 4 nitrogen and oxygen atoms in total. The molecule has 0 aliphatic rings. The van der Waals surface area contributed by atoms with Crippen molar-refractivity contribution in [2.75, 3.05) is 12.4 Å². The average molecular weight is 263 g/mol. The van der Waals surface area contributed by atoms with Gasteiger partial charge >= 0.3 is 0 Å². The minimum atomic E-state index is 0.657. The van der Waals surface area contributed by atoms with Gasteiger partial charge in [0, 0.05) is 12.2 Å². The molecule has 0 aliphatic carbocycles. The molecule has 1 aromatic carbocycles. The molecule has 0 bridgehead atoms. The summed E-state index contributed by atoms with van der Waals surface area (Å²) in [7, 11) is 0. The maximum absolute atomic E-state index is 5.66. The Morgan fingerprint density at radius 3 is 3.00 bits per heavy atom. The van der Waals surface area contributed by atoms with E-state index in [9.17, 15) is 0 Å². The van der Waals surface area contributed by atoms with Crippen LogP contribution in [0.15, 0.2) is 29.4 Å². The van der Waals surface area contributed by atoms with Crippen LogP contribution in [0.3, 0.4) is 0 Å². The molecule has 0 aliphatic heterocycles. The van der Waals surface area contributed by atoms with Crippen molar-refractivity contribution in [3.05, 3.63) is 35.7 Å². The number of aryl methyl sites for hydroxylation is 2. The zero-order valence-corrected chi connectivity index (χ0v) is 11.5. The van der Waals surface area contributed by atoms with Gasteiger partial charge in [0.1, 0.15) is 11.6 Å². The van der Waals surface area contributed by atoms with Gasteiger partial charge in [-0.3, -0.25) is 5.10 Å². The van der Waals surface area contributed by atoms with E-state index >= 15 is 0 Å². The Kier molecular flexibility index (Phi) is 4.64. The molecule has 0 atom stereocenters. The topological polar surface area (TPSA) is 50.8 Å². The van der Waals surface area contributed by atoms with Crippen molar-refractivity contribution in [3.63, 3.8) is 0 Å². The van der Waals surface area contributed by atoms with Gasteiger partial charge in [0.05, 0.1) is 6.61 Å². The second-order valence-corrected chi connectivity index (χ2v) is 4.99. The highest BCUT2D eigenvalue weighted by atomic mass is 32.2. The van der Waals surface area contributed by atoms with E-state index in [2.05, 4.69) is 35.1 Å². The lowest BCUT2D eigenvalue weighted by Crippen LogP contribution is -2.00. The fourth-order valence-corrected chi connectivity index (χ4v) is 2.13. The Morgan fingerprint density at radius 2 is 2.28 bits per heavy atom. The van der Waals surface area contributed by atoms with Gasteiger partial charge in [-0.05, 0) is 24.6 Å². The highest BCUT2D eigenvalue weighted by Gasteiger charge is 2.02. The number of rotatable bonds is 6. The summed E-state index contributed by atoms with van der Waals surface area (Å²) in [6.45, 7) is 4.77. The summed E-state index contributed by atoms with van der Waals surface area (Å²) in [4.78, 5) is 4.33. The van der Waals surface area contributed by atoms with Gasteiger partial charge in [-0.25, -0.2) is 4.98 Å². The summed E-state index contributed by atoms with van der Waals surface area (Å²) < 4.78 is 5.66. The predicted octanol–water partition coefficient (Wildman–Crippen LogP) is 2.85. The van der Waals surface area contributed by atoms with Crippen molar-refractivity contribution in [1.29, 1.82) is 0 Å². The highest BCUT2D eigenvalue weighted by molar-refractivity contribution is 7.99. The standard InChI is InChI=1S/C13H17N3OS/c1-3-12-14-13(16-15-12)18-8-7-17-11-6-4-5-10(2)9-11/h4-6,9H,3,7-8H2,1-2H3,(H,14,15,16). The summed E-state index contributed by atoms with van der Waals surface area (Å²) >= 11 is 1.60. The number of hydrogen-bond acceptors (Lipinski definition) is 4. The summed E-state index contributed by atoms with van der Waals surface area (Å²) in [6.07, 6.45) is 0.882. The SMILES string of the molecule is CCc1nc(SCCOc2cccc(C)c2)n[nH]1. The van der Waals surface area contributed by atoms with Gasteiger partial charge in [-0.2, -0.15) is 0 Å². The molecule has 0 amide bonds. The number of aromatic amines is 1. The fraction of sp³-hybridized carbons (Fsp3) is 0.385. The molecule has 0 saturated carbocycles. The first-order valence-corrected chi connectivity index (χ1v) is 7.00. The van der Waals surface area contributed by atoms with Crippen LogP contribution in [0.5, 0.6) is 5.75 Å². The third kappa shape index (κ3) is 3.77. The number of nitrogens with zero attached hydrogens (tertiary/aromatic N) is 2. The number of nitrogens with one attached hydrogen (secondary N) is 1. The van der Waals surface area contributed by atoms with E-state index in [1.54, 1.807) is 11.8 Å². The summed E-state index contributed by atoms with van der Waals surface area (Å²) in [6, 6.07) is 8.06. The lowest BCUT2D eigenvalue weighted by molar-refractivity contribution is 0.343. The molecule has 0 saturated heterocycles. The van der Waals surface area contributed by atoms with E-state index in [4.69, 9.17) is 4.74 Å². The molecule has 1 heterocycles. The van der Waals surface area contributed by atoms with Gasteiger partial charge in [-0.1, -0.05) is 30.8 Å². The molecule has 5 heteroatoms. The van der Waals surface area contributed by atoms with Crippen LogP contribution in [0.4, 0.5) is 0 Å². The van der Waals surface area contributed by atoms with Crippen LogP contribution < -0.4 is 4.74 Å². The molecule has 0 fully saturated rings. The van der Waals surface area contributed by atoms with Gasteiger partial charge in [0.2, 0.25) is 5.16 Å². The number of benzene rings is 1. The molecule has 0 spiro atoms. The smallest absolute Gasteiger partial charge is 0.208 e. The fourth-order valence-electron chi connectivity index (χ4n) is 1.50. The third-order valence-electron chi connectivity index (χ3n) is 2.42. The molecule has 0 unspecified atom stereocenters. The first kappa shape index (κ1) is 13.0. The monoisotopic (exact) mass is 263 g/mol. The second kappa shape index (κ2) is 6.44. The van der Waals surface area contributed by atoms with Crippen molar-refractivity contribution in [3.8, 4) is 5.75 Å². The lowest BCUT2D eigenvalue weighted by Gasteiger charge is -2.05. The Balaban J connectivity index is 1.72. The largest absolute Gasteiger partial charge is 0.493 e. The molecular formula is C13H17N3OS.